The number of halogens is 1. The molecule has 1 unspecified atom stereocenters. The van der Waals surface area contributed by atoms with Gasteiger partial charge in [0.05, 0.1) is 12.1 Å². The minimum absolute atomic E-state index is 0.219. The van der Waals surface area contributed by atoms with Crippen LogP contribution in [0.4, 0.5) is 0 Å². The van der Waals surface area contributed by atoms with Crippen LogP contribution < -0.4 is 5.48 Å². The van der Waals surface area contributed by atoms with Crippen LogP contribution >= 0.6 is 15.9 Å². The summed E-state index contributed by atoms with van der Waals surface area (Å²) >= 11 is 3.55. The van der Waals surface area contributed by atoms with Gasteiger partial charge in [0.2, 0.25) is 0 Å². The summed E-state index contributed by atoms with van der Waals surface area (Å²) in [4.78, 5) is 5.70. The van der Waals surface area contributed by atoms with E-state index in [1.165, 1.54) is 31.2 Å². The molecule has 3 heteroatoms. The lowest BCUT2D eigenvalue weighted by molar-refractivity contribution is -0.0377. The van der Waals surface area contributed by atoms with Crippen LogP contribution in [0.2, 0.25) is 0 Å². The molecule has 88 valence electrons. The minimum Gasteiger partial charge on any atom is -0.298 e. The lowest BCUT2D eigenvalue weighted by Gasteiger charge is -2.18. The van der Waals surface area contributed by atoms with Crippen molar-refractivity contribution in [3.05, 3.63) is 34.3 Å². The fraction of sp³-hybridized carbons (Fsp3) is 0.538. The van der Waals surface area contributed by atoms with E-state index in [4.69, 9.17) is 4.84 Å². The highest BCUT2D eigenvalue weighted by atomic mass is 79.9. The second kappa shape index (κ2) is 5.80. The molecule has 1 aliphatic rings. The molecule has 1 saturated carbocycles. The number of nitrogens with one attached hydrogen (secondary N) is 1. The van der Waals surface area contributed by atoms with Crippen LogP contribution in [0.1, 0.15) is 44.2 Å². The van der Waals surface area contributed by atoms with Gasteiger partial charge in [0, 0.05) is 4.47 Å². The molecular weight excluding hydrogens is 266 g/mol. The lowest BCUT2D eigenvalue weighted by Crippen LogP contribution is -2.24. The van der Waals surface area contributed by atoms with Crippen LogP contribution in [-0.4, -0.2) is 6.10 Å². The molecule has 0 bridgehead atoms. The summed E-state index contributed by atoms with van der Waals surface area (Å²) in [5, 5.41) is 0. The first kappa shape index (κ1) is 12.1. The van der Waals surface area contributed by atoms with Crippen molar-refractivity contribution in [2.24, 2.45) is 0 Å². The molecule has 0 saturated heterocycles. The molecule has 0 heterocycles. The van der Waals surface area contributed by atoms with Crippen LogP contribution in [0.3, 0.4) is 0 Å². The predicted octanol–water partition coefficient (Wildman–Crippen LogP) is 3.97. The molecular formula is C13H18BrNO. The van der Waals surface area contributed by atoms with E-state index >= 15 is 0 Å². The molecule has 2 nitrogen and oxygen atoms in total. The summed E-state index contributed by atoms with van der Waals surface area (Å²) in [6.45, 7) is 2.12. The average Bonchev–Trinajstić information content (AvgIpc) is 2.79. The minimum atomic E-state index is 0.219. The van der Waals surface area contributed by atoms with Gasteiger partial charge in [0.25, 0.3) is 0 Å². The van der Waals surface area contributed by atoms with E-state index < -0.39 is 0 Å². The van der Waals surface area contributed by atoms with E-state index in [9.17, 15) is 0 Å². The SMILES string of the molecule is CC(NOC1CCCC1)c1ccccc1Br. The third-order valence-corrected chi connectivity index (χ3v) is 3.81. The zero-order valence-electron chi connectivity index (χ0n) is 9.58. The van der Waals surface area contributed by atoms with Crippen LogP contribution in [-0.2, 0) is 4.84 Å². The van der Waals surface area contributed by atoms with Gasteiger partial charge in [-0.3, -0.25) is 4.84 Å². The van der Waals surface area contributed by atoms with Crippen LogP contribution in [0.5, 0.6) is 0 Å². The molecule has 1 atom stereocenters. The number of hydrogen-bond donors (Lipinski definition) is 1. The molecule has 0 spiro atoms. The number of hydrogen-bond acceptors (Lipinski definition) is 2. The smallest absolute Gasteiger partial charge is 0.0790 e. The second-order valence-electron chi connectivity index (χ2n) is 4.39. The van der Waals surface area contributed by atoms with Crippen molar-refractivity contribution in [2.45, 2.75) is 44.8 Å². The van der Waals surface area contributed by atoms with Gasteiger partial charge < -0.3 is 0 Å². The Morgan fingerprint density at radius 2 is 2.00 bits per heavy atom. The van der Waals surface area contributed by atoms with Gasteiger partial charge in [-0.05, 0) is 31.4 Å². The second-order valence-corrected chi connectivity index (χ2v) is 5.24. The van der Waals surface area contributed by atoms with Gasteiger partial charge >= 0.3 is 0 Å². The highest BCUT2D eigenvalue weighted by Gasteiger charge is 2.17. The fourth-order valence-corrected chi connectivity index (χ4v) is 2.72. The van der Waals surface area contributed by atoms with Gasteiger partial charge in [-0.15, -0.1) is 0 Å². The summed E-state index contributed by atoms with van der Waals surface area (Å²) in [6.07, 6.45) is 5.39. The van der Waals surface area contributed by atoms with Crippen molar-refractivity contribution in [1.29, 1.82) is 0 Å². The van der Waals surface area contributed by atoms with E-state index in [1.54, 1.807) is 0 Å². The molecule has 1 aliphatic carbocycles. The standard InChI is InChI=1S/C13H18BrNO/c1-10(12-8-4-5-9-13(12)14)15-16-11-6-2-3-7-11/h4-5,8-11,15H,2-3,6-7H2,1H3. The molecule has 0 aliphatic heterocycles. The number of rotatable bonds is 4. The molecule has 0 radical (unpaired) electrons. The quantitative estimate of drug-likeness (QED) is 0.845. The maximum absolute atomic E-state index is 5.70. The van der Waals surface area contributed by atoms with Crippen molar-refractivity contribution in [3.8, 4) is 0 Å². The van der Waals surface area contributed by atoms with E-state index in [1.807, 2.05) is 12.1 Å². The Labute approximate surface area is 105 Å². The lowest BCUT2D eigenvalue weighted by atomic mass is 10.1. The third kappa shape index (κ3) is 3.06. The van der Waals surface area contributed by atoms with Gasteiger partial charge in [-0.2, -0.15) is 5.48 Å². The molecule has 1 fully saturated rings. The average molecular weight is 284 g/mol. The summed E-state index contributed by atoms with van der Waals surface area (Å²) in [6, 6.07) is 8.46. The summed E-state index contributed by atoms with van der Waals surface area (Å²) in [5.74, 6) is 0. The van der Waals surface area contributed by atoms with Crippen molar-refractivity contribution < 1.29 is 4.84 Å². The van der Waals surface area contributed by atoms with E-state index in [0.717, 1.165) is 4.47 Å². The van der Waals surface area contributed by atoms with Crippen LogP contribution in [0.25, 0.3) is 0 Å². The Kier molecular flexibility index (Phi) is 4.38. The highest BCUT2D eigenvalue weighted by molar-refractivity contribution is 9.10. The predicted molar refractivity (Wildman–Crippen MR) is 69.0 cm³/mol. The zero-order valence-corrected chi connectivity index (χ0v) is 11.2. The Bertz CT molecular complexity index is 336. The van der Waals surface area contributed by atoms with E-state index in [0.29, 0.717) is 6.10 Å². The molecule has 0 aromatic heterocycles. The fourth-order valence-electron chi connectivity index (χ4n) is 2.09. The Balaban J connectivity index is 1.87. The van der Waals surface area contributed by atoms with Gasteiger partial charge in [-0.1, -0.05) is 47.0 Å². The Morgan fingerprint density at radius 1 is 1.31 bits per heavy atom. The van der Waals surface area contributed by atoms with Crippen LogP contribution in [0, 0.1) is 0 Å². The first-order chi connectivity index (χ1) is 7.77. The van der Waals surface area contributed by atoms with E-state index in [-0.39, 0.29) is 6.04 Å². The molecule has 1 aromatic rings. The van der Waals surface area contributed by atoms with Crippen molar-refractivity contribution in [1.82, 2.24) is 5.48 Å². The summed E-state index contributed by atoms with van der Waals surface area (Å²) in [5.41, 5.74) is 4.39. The molecule has 16 heavy (non-hydrogen) atoms. The Hall–Kier alpha value is -0.380. The molecule has 2 rings (SSSR count). The molecule has 1 aromatic carbocycles. The van der Waals surface area contributed by atoms with Gasteiger partial charge in [0.15, 0.2) is 0 Å². The largest absolute Gasteiger partial charge is 0.298 e. The summed E-state index contributed by atoms with van der Waals surface area (Å²) in [7, 11) is 0. The maximum Gasteiger partial charge on any atom is 0.0790 e. The van der Waals surface area contributed by atoms with Gasteiger partial charge in [-0.25, -0.2) is 0 Å². The van der Waals surface area contributed by atoms with Gasteiger partial charge in [0.1, 0.15) is 0 Å². The first-order valence-corrected chi connectivity index (χ1v) is 6.72. The normalized spacial score (nSPS) is 18.9. The third-order valence-electron chi connectivity index (χ3n) is 3.09. The van der Waals surface area contributed by atoms with Crippen molar-refractivity contribution in [2.75, 3.05) is 0 Å². The number of hydroxylamine groups is 1. The van der Waals surface area contributed by atoms with Crippen LogP contribution in [0.15, 0.2) is 28.7 Å². The van der Waals surface area contributed by atoms with Crippen molar-refractivity contribution in [3.63, 3.8) is 0 Å². The maximum atomic E-state index is 5.70. The topological polar surface area (TPSA) is 21.3 Å². The molecule has 1 N–H and O–H groups in total. The van der Waals surface area contributed by atoms with Crippen molar-refractivity contribution >= 4 is 15.9 Å². The van der Waals surface area contributed by atoms with E-state index in [2.05, 4.69) is 40.5 Å². The number of benzene rings is 1. The zero-order chi connectivity index (χ0) is 11.4. The molecule has 0 amide bonds. The highest BCUT2D eigenvalue weighted by Crippen LogP contribution is 2.24. The summed E-state index contributed by atoms with van der Waals surface area (Å²) < 4.78 is 1.13. The Morgan fingerprint density at radius 3 is 2.69 bits per heavy atom. The monoisotopic (exact) mass is 283 g/mol. The first-order valence-electron chi connectivity index (χ1n) is 5.93.